The lowest BCUT2D eigenvalue weighted by molar-refractivity contribution is -0.385. The van der Waals surface area contributed by atoms with E-state index in [1.807, 2.05) is 6.07 Å². The Labute approximate surface area is 159 Å². The number of para-hydroxylation sites is 1. The number of benzene rings is 2. The predicted molar refractivity (Wildman–Crippen MR) is 103 cm³/mol. The number of hydrogen-bond acceptors (Lipinski definition) is 5. The summed E-state index contributed by atoms with van der Waals surface area (Å²) in [7, 11) is 3.01. The minimum absolute atomic E-state index is 0.0430. The zero-order chi connectivity index (χ0) is 20.4. The fourth-order valence-electron chi connectivity index (χ4n) is 2.87. The van der Waals surface area contributed by atoms with E-state index < -0.39 is 16.4 Å². The molecule has 3 rings (SSSR count). The summed E-state index contributed by atoms with van der Waals surface area (Å²) in [5.41, 5.74) is 0.615. The van der Waals surface area contributed by atoms with E-state index >= 15 is 0 Å². The van der Waals surface area contributed by atoms with Crippen LogP contribution in [0, 0.1) is 17.0 Å². The number of hydrogen-bond donors (Lipinski definition) is 1. The van der Waals surface area contributed by atoms with Crippen molar-refractivity contribution in [3.8, 4) is 11.4 Å². The average molecular weight is 382 g/mol. The quantitative estimate of drug-likeness (QED) is 0.539. The third-order valence-electron chi connectivity index (χ3n) is 4.43. The number of nitrogens with one attached hydrogen (secondary N) is 1. The maximum absolute atomic E-state index is 12.9. The van der Waals surface area contributed by atoms with E-state index in [1.54, 1.807) is 42.9 Å². The van der Waals surface area contributed by atoms with Gasteiger partial charge in [0.2, 0.25) is 0 Å². The summed E-state index contributed by atoms with van der Waals surface area (Å²) < 4.78 is 8.00. The summed E-state index contributed by atoms with van der Waals surface area (Å²) in [4.78, 5) is 36.0. The van der Waals surface area contributed by atoms with E-state index in [0.29, 0.717) is 11.4 Å². The second kappa shape index (κ2) is 7.39. The van der Waals surface area contributed by atoms with Gasteiger partial charge in [-0.3, -0.25) is 24.4 Å². The highest BCUT2D eigenvalue weighted by molar-refractivity contribution is 6.05. The molecule has 0 bridgehead atoms. The van der Waals surface area contributed by atoms with Crippen LogP contribution < -0.4 is 15.6 Å². The third-order valence-corrected chi connectivity index (χ3v) is 4.43. The zero-order valence-electron chi connectivity index (χ0n) is 15.5. The minimum atomic E-state index is -0.633. The van der Waals surface area contributed by atoms with Crippen molar-refractivity contribution in [3.63, 3.8) is 0 Å². The number of rotatable bonds is 5. The van der Waals surface area contributed by atoms with Gasteiger partial charge in [-0.05, 0) is 31.2 Å². The molecule has 0 fully saturated rings. The molecule has 2 aromatic carbocycles. The van der Waals surface area contributed by atoms with Gasteiger partial charge in [-0.2, -0.15) is 0 Å². The molecule has 0 aliphatic heterocycles. The molecular weight excluding hydrogens is 364 g/mol. The van der Waals surface area contributed by atoms with E-state index in [0.717, 1.165) is 6.07 Å². The van der Waals surface area contributed by atoms with Crippen LogP contribution in [0.4, 0.5) is 11.4 Å². The number of nitro groups is 1. The lowest BCUT2D eigenvalue weighted by atomic mass is 10.1. The highest BCUT2D eigenvalue weighted by Crippen LogP contribution is 2.28. The first-order valence-electron chi connectivity index (χ1n) is 8.33. The maximum atomic E-state index is 12.9. The van der Waals surface area contributed by atoms with E-state index in [4.69, 9.17) is 4.74 Å². The average Bonchev–Trinajstić information content (AvgIpc) is 2.91. The lowest BCUT2D eigenvalue weighted by Gasteiger charge is -2.07. The molecule has 0 spiro atoms. The van der Waals surface area contributed by atoms with Crippen molar-refractivity contribution >= 4 is 17.3 Å². The molecule has 144 valence electrons. The van der Waals surface area contributed by atoms with Crippen LogP contribution >= 0.6 is 0 Å². The van der Waals surface area contributed by atoms with Gasteiger partial charge in [0.25, 0.3) is 11.5 Å². The zero-order valence-corrected chi connectivity index (χ0v) is 15.5. The molecule has 9 nitrogen and oxygen atoms in total. The second-order valence-electron chi connectivity index (χ2n) is 6.03. The first-order chi connectivity index (χ1) is 13.3. The Morgan fingerprint density at radius 1 is 1.18 bits per heavy atom. The van der Waals surface area contributed by atoms with Gasteiger partial charge >= 0.3 is 5.69 Å². The minimum Gasteiger partial charge on any atom is -0.490 e. The van der Waals surface area contributed by atoms with Gasteiger partial charge in [-0.25, -0.2) is 4.68 Å². The fraction of sp³-hybridized carbons (Fsp3) is 0.158. The highest BCUT2D eigenvalue weighted by Gasteiger charge is 2.21. The molecule has 9 heteroatoms. The summed E-state index contributed by atoms with van der Waals surface area (Å²) in [6.07, 6.45) is 0. The Hall–Kier alpha value is -3.88. The molecule has 0 aliphatic carbocycles. The molecule has 0 aliphatic rings. The summed E-state index contributed by atoms with van der Waals surface area (Å²) in [6, 6.07) is 12.9. The topological polar surface area (TPSA) is 108 Å². The summed E-state index contributed by atoms with van der Waals surface area (Å²) >= 11 is 0. The van der Waals surface area contributed by atoms with Crippen molar-refractivity contribution in [1.82, 2.24) is 9.36 Å². The lowest BCUT2D eigenvalue weighted by Crippen LogP contribution is -2.23. The molecule has 1 heterocycles. The van der Waals surface area contributed by atoms with Gasteiger partial charge < -0.3 is 10.1 Å². The van der Waals surface area contributed by atoms with Gasteiger partial charge in [0.1, 0.15) is 5.69 Å². The van der Waals surface area contributed by atoms with Crippen molar-refractivity contribution in [2.45, 2.75) is 6.92 Å². The summed E-state index contributed by atoms with van der Waals surface area (Å²) in [5.74, 6) is -0.583. The van der Waals surface area contributed by atoms with Crippen LogP contribution in [0.2, 0.25) is 0 Å². The van der Waals surface area contributed by atoms with E-state index in [9.17, 15) is 19.7 Å². The Morgan fingerprint density at radius 3 is 2.46 bits per heavy atom. The molecule has 0 unspecified atom stereocenters. The molecule has 0 atom stereocenters. The number of methoxy groups -OCH3 is 1. The summed E-state index contributed by atoms with van der Waals surface area (Å²) in [5, 5.41) is 13.7. The summed E-state index contributed by atoms with van der Waals surface area (Å²) in [6.45, 7) is 1.70. The normalized spacial score (nSPS) is 10.5. The van der Waals surface area contributed by atoms with Crippen LogP contribution in [0.3, 0.4) is 0 Å². The van der Waals surface area contributed by atoms with Gasteiger partial charge in [0, 0.05) is 18.7 Å². The molecule has 1 amide bonds. The maximum Gasteiger partial charge on any atom is 0.311 e. The predicted octanol–water partition coefficient (Wildman–Crippen LogP) is 2.65. The van der Waals surface area contributed by atoms with Crippen LogP contribution in [0.5, 0.6) is 5.75 Å². The van der Waals surface area contributed by atoms with Crippen LogP contribution in [0.1, 0.15) is 16.1 Å². The largest absolute Gasteiger partial charge is 0.490 e. The van der Waals surface area contributed by atoms with Crippen molar-refractivity contribution in [2.75, 3.05) is 12.4 Å². The first kappa shape index (κ1) is 18.9. The number of ether oxygens (including phenoxy) is 1. The number of carbonyl (C=O) groups is 1. The number of anilines is 1. The molecule has 1 aromatic heterocycles. The third kappa shape index (κ3) is 3.25. The monoisotopic (exact) mass is 382 g/mol. The van der Waals surface area contributed by atoms with Crippen molar-refractivity contribution in [1.29, 1.82) is 0 Å². The Kier molecular flexibility index (Phi) is 4.99. The van der Waals surface area contributed by atoms with Crippen LogP contribution in [0.25, 0.3) is 5.69 Å². The second-order valence-corrected chi connectivity index (χ2v) is 6.03. The van der Waals surface area contributed by atoms with Crippen LogP contribution in [0.15, 0.2) is 53.3 Å². The number of amides is 1. The Bertz CT molecular complexity index is 1120. The van der Waals surface area contributed by atoms with Gasteiger partial charge in [-0.1, -0.05) is 18.2 Å². The van der Waals surface area contributed by atoms with E-state index in [-0.39, 0.29) is 22.7 Å². The van der Waals surface area contributed by atoms with E-state index in [1.165, 1.54) is 23.9 Å². The molecular formula is C19H18N4O5. The number of carbonyl (C=O) groups excluding carboxylic acids is 1. The smallest absolute Gasteiger partial charge is 0.311 e. The number of nitrogens with zero attached hydrogens (tertiary/aromatic N) is 3. The van der Waals surface area contributed by atoms with E-state index in [2.05, 4.69) is 5.32 Å². The van der Waals surface area contributed by atoms with Crippen LogP contribution in [-0.2, 0) is 7.05 Å². The highest BCUT2D eigenvalue weighted by atomic mass is 16.6. The van der Waals surface area contributed by atoms with Gasteiger partial charge in [0.05, 0.1) is 23.4 Å². The van der Waals surface area contributed by atoms with Crippen LogP contribution in [-0.4, -0.2) is 27.3 Å². The number of nitro benzene ring substituents is 1. The molecule has 0 radical (unpaired) electrons. The molecule has 0 saturated heterocycles. The molecule has 1 N–H and O–H groups in total. The molecule has 3 aromatic rings. The molecule has 28 heavy (non-hydrogen) atoms. The van der Waals surface area contributed by atoms with Crippen molar-refractivity contribution in [2.24, 2.45) is 7.05 Å². The SMILES string of the molecule is COc1ccc(C(=O)Nc2c(C)n(C)n(-c3ccccc3)c2=O)cc1[N+](=O)[O-]. The fourth-order valence-corrected chi connectivity index (χ4v) is 2.87. The van der Waals surface area contributed by atoms with Gasteiger partial charge in [-0.15, -0.1) is 0 Å². The molecule has 0 saturated carbocycles. The number of aromatic nitrogens is 2. The standard InChI is InChI=1S/C19H18N4O5/c1-12-17(19(25)22(21(12)2)14-7-5-4-6-8-14)20-18(24)13-9-10-16(28-3)15(11-13)23(26)27/h4-11H,1-3H3,(H,20,24). The first-order valence-corrected chi connectivity index (χ1v) is 8.33. The van der Waals surface area contributed by atoms with Gasteiger partial charge in [0.15, 0.2) is 5.75 Å². The van der Waals surface area contributed by atoms with Crippen molar-refractivity contribution < 1.29 is 14.5 Å². The Morgan fingerprint density at radius 2 is 1.86 bits per heavy atom. The van der Waals surface area contributed by atoms with Crippen molar-refractivity contribution in [3.05, 3.63) is 80.3 Å². The Balaban J connectivity index is 1.99.